The van der Waals surface area contributed by atoms with Gasteiger partial charge in [0.25, 0.3) is 0 Å². The highest BCUT2D eigenvalue weighted by atomic mass is 15.1. The molecule has 0 saturated heterocycles. The average Bonchev–Trinajstić information content (AvgIpc) is 2.46. The Hall–Kier alpha value is -0.860. The van der Waals surface area contributed by atoms with Gasteiger partial charge >= 0.3 is 0 Å². The molecule has 0 amide bonds. The van der Waals surface area contributed by atoms with E-state index >= 15 is 0 Å². The average molecular weight is 274 g/mol. The summed E-state index contributed by atoms with van der Waals surface area (Å²) in [6.45, 7) is 4.51. The minimum Gasteiger partial charge on any atom is -0.324 e. The van der Waals surface area contributed by atoms with E-state index in [1.165, 1.54) is 49.8 Å². The molecule has 0 spiro atoms. The molecule has 0 aromatic heterocycles. The van der Waals surface area contributed by atoms with E-state index in [-0.39, 0.29) is 6.04 Å². The van der Waals surface area contributed by atoms with Gasteiger partial charge in [-0.2, -0.15) is 0 Å². The number of nitrogens with two attached hydrogens (primary N) is 1. The van der Waals surface area contributed by atoms with E-state index in [1.807, 2.05) is 0 Å². The van der Waals surface area contributed by atoms with Crippen molar-refractivity contribution < 1.29 is 0 Å². The quantitative estimate of drug-likeness (QED) is 0.852. The lowest BCUT2D eigenvalue weighted by molar-refractivity contribution is 0.228. The van der Waals surface area contributed by atoms with Crippen LogP contribution in [-0.4, -0.2) is 25.0 Å². The van der Waals surface area contributed by atoms with Crippen LogP contribution in [0.4, 0.5) is 0 Å². The van der Waals surface area contributed by atoms with Crippen molar-refractivity contribution in [2.75, 3.05) is 20.1 Å². The van der Waals surface area contributed by atoms with Crippen LogP contribution in [0, 0.1) is 12.8 Å². The lowest BCUT2D eigenvalue weighted by Gasteiger charge is -2.27. The Morgan fingerprint density at radius 3 is 2.60 bits per heavy atom. The maximum atomic E-state index is 6.35. The van der Waals surface area contributed by atoms with E-state index in [1.54, 1.807) is 0 Å². The van der Waals surface area contributed by atoms with Gasteiger partial charge in [0.2, 0.25) is 0 Å². The predicted molar refractivity (Wildman–Crippen MR) is 86.8 cm³/mol. The van der Waals surface area contributed by atoms with Crippen LogP contribution in [0.15, 0.2) is 24.3 Å². The molecule has 2 rings (SSSR count). The normalized spacial score (nSPS) is 18.4. The zero-order valence-electron chi connectivity index (χ0n) is 13.1. The summed E-state index contributed by atoms with van der Waals surface area (Å²) in [6.07, 6.45) is 8.21. The molecule has 20 heavy (non-hydrogen) atoms. The van der Waals surface area contributed by atoms with Crippen LogP contribution in [0.5, 0.6) is 0 Å². The number of hydrogen-bond acceptors (Lipinski definition) is 2. The van der Waals surface area contributed by atoms with Crippen LogP contribution in [0.3, 0.4) is 0 Å². The molecule has 2 N–H and O–H groups in total. The highest BCUT2D eigenvalue weighted by Crippen LogP contribution is 2.24. The van der Waals surface area contributed by atoms with Gasteiger partial charge in [0.05, 0.1) is 0 Å². The second kappa shape index (κ2) is 7.80. The fourth-order valence-corrected chi connectivity index (χ4v) is 3.42. The number of aryl methyl sites for hydroxylation is 1. The largest absolute Gasteiger partial charge is 0.324 e. The summed E-state index contributed by atoms with van der Waals surface area (Å²) in [6, 6.07) is 8.67. The number of benzene rings is 1. The van der Waals surface area contributed by atoms with Crippen molar-refractivity contribution in [2.45, 2.75) is 51.5 Å². The first-order chi connectivity index (χ1) is 9.66. The van der Waals surface area contributed by atoms with Crippen molar-refractivity contribution in [2.24, 2.45) is 11.7 Å². The molecule has 0 radical (unpaired) electrons. The monoisotopic (exact) mass is 274 g/mol. The van der Waals surface area contributed by atoms with Gasteiger partial charge in [-0.1, -0.05) is 43.5 Å². The third-order valence-electron chi connectivity index (χ3n) is 4.70. The molecule has 112 valence electrons. The lowest BCUT2D eigenvalue weighted by atomic mass is 9.89. The van der Waals surface area contributed by atoms with Gasteiger partial charge in [0.1, 0.15) is 0 Å². The summed E-state index contributed by atoms with van der Waals surface area (Å²) in [7, 11) is 2.25. The maximum Gasteiger partial charge on any atom is 0.0309 e. The lowest BCUT2D eigenvalue weighted by Crippen LogP contribution is -2.29. The third-order valence-corrected chi connectivity index (χ3v) is 4.70. The van der Waals surface area contributed by atoms with Crippen molar-refractivity contribution in [3.8, 4) is 0 Å². The minimum atomic E-state index is 0.171. The SMILES string of the molecule is Cc1ccccc1C(N)CCN(C)CC1CCCCC1. The van der Waals surface area contributed by atoms with E-state index in [0.29, 0.717) is 0 Å². The Morgan fingerprint density at radius 2 is 1.90 bits per heavy atom. The van der Waals surface area contributed by atoms with Crippen LogP contribution >= 0.6 is 0 Å². The van der Waals surface area contributed by atoms with Crippen LogP contribution in [0.25, 0.3) is 0 Å². The van der Waals surface area contributed by atoms with Gasteiger partial charge in [-0.3, -0.25) is 0 Å². The topological polar surface area (TPSA) is 29.3 Å². The molecule has 1 unspecified atom stereocenters. The summed E-state index contributed by atoms with van der Waals surface area (Å²) in [5, 5.41) is 0. The van der Waals surface area contributed by atoms with Crippen molar-refractivity contribution >= 4 is 0 Å². The van der Waals surface area contributed by atoms with E-state index in [9.17, 15) is 0 Å². The molecule has 1 aromatic carbocycles. The molecule has 1 aromatic rings. The molecule has 2 nitrogen and oxygen atoms in total. The smallest absolute Gasteiger partial charge is 0.0309 e. The second-order valence-electron chi connectivity index (χ2n) is 6.52. The van der Waals surface area contributed by atoms with Crippen molar-refractivity contribution in [3.05, 3.63) is 35.4 Å². The van der Waals surface area contributed by atoms with Crippen LogP contribution < -0.4 is 5.73 Å². The first-order valence-electron chi connectivity index (χ1n) is 8.16. The zero-order chi connectivity index (χ0) is 14.4. The molecule has 1 aliphatic rings. The summed E-state index contributed by atoms with van der Waals surface area (Å²) in [5.41, 5.74) is 8.97. The fourth-order valence-electron chi connectivity index (χ4n) is 3.42. The molecule has 0 heterocycles. The molecule has 2 heteroatoms. The third kappa shape index (κ3) is 4.60. The van der Waals surface area contributed by atoms with E-state index in [4.69, 9.17) is 5.73 Å². The van der Waals surface area contributed by atoms with Gasteiger partial charge in [-0.25, -0.2) is 0 Å². The number of nitrogens with zero attached hydrogens (tertiary/aromatic N) is 1. The Balaban J connectivity index is 1.75. The van der Waals surface area contributed by atoms with Crippen molar-refractivity contribution in [3.63, 3.8) is 0 Å². The molecular weight excluding hydrogens is 244 g/mol. The molecule has 0 bridgehead atoms. The summed E-state index contributed by atoms with van der Waals surface area (Å²) < 4.78 is 0. The maximum absolute atomic E-state index is 6.35. The molecule has 1 fully saturated rings. The standard InChI is InChI=1S/C18H30N2/c1-15-8-6-7-11-17(15)18(19)12-13-20(2)14-16-9-4-3-5-10-16/h6-8,11,16,18H,3-5,9-10,12-14,19H2,1-2H3. The number of rotatable bonds is 6. The summed E-state index contributed by atoms with van der Waals surface area (Å²) in [4.78, 5) is 2.48. The first kappa shape index (κ1) is 15.5. The van der Waals surface area contributed by atoms with Crippen LogP contribution in [-0.2, 0) is 0 Å². The highest BCUT2D eigenvalue weighted by Gasteiger charge is 2.16. The molecule has 0 aliphatic heterocycles. The first-order valence-corrected chi connectivity index (χ1v) is 8.16. The Morgan fingerprint density at radius 1 is 1.20 bits per heavy atom. The van der Waals surface area contributed by atoms with Gasteiger partial charge in [-0.15, -0.1) is 0 Å². The second-order valence-corrected chi connectivity index (χ2v) is 6.52. The van der Waals surface area contributed by atoms with Gasteiger partial charge < -0.3 is 10.6 Å². The minimum absolute atomic E-state index is 0.171. The van der Waals surface area contributed by atoms with Crippen LogP contribution in [0.2, 0.25) is 0 Å². The van der Waals surface area contributed by atoms with E-state index < -0.39 is 0 Å². The molecule has 1 aliphatic carbocycles. The van der Waals surface area contributed by atoms with Crippen molar-refractivity contribution in [1.29, 1.82) is 0 Å². The predicted octanol–water partition coefficient (Wildman–Crippen LogP) is 3.90. The van der Waals surface area contributed by atoms with Gasteiger partial charge in [-0.05, 0) is 56.8 Å². The fraction of sp³-hybridized carbons (Fsp3) is 0.667. The molecule has 1 atom stereocenters. The van der Waals surface area contributed by atoms with Gasteiger partial charge in [0, 0.05) is 12.6 Å². The van der Waals surface area contributed by atoms with E-state index in [0.717, 1.165) is 18.9 Å². The summed E-state index contributed by atoms with van der Waals surface area (Å²) in [5.74, 6) is 0.920. The highest BCUT2D eigenvalue weighted by molar-refractivity contribution is 5.28. The Labute approximate surface area is 124 Å². The Bertz CT molecular complexity index is 396. The number of hydrogen-bond donors (Lipinski definition) is 1. The zero-order valence-corrected chi connectivity index (χ0v) is 13.1. The molecular formula is C18H30N2. The van der Waals surface area contributed by atoms with Gasteiger partial charge in [0.15, 0.2) is 0 Å². The van der Waals surface area contributed by atoms with E-state index in [2.05, 4.69) is 43.1 Å². The summed E-state index contributed by atoms with van der Waals surface area (Å²) >= 11 is 0. The molecule has 1 saturated carbocycles. The van der Waals surface area contributed by atoms with Crippen LogP contribution in [0.1, 0.15) is 55.7 Å². The van der Waals surface area contributed by atoms with Crippen molar-refractivity contribution in [1.82, 2.24) is 4.90 Å². The Kier molecular flexibility index (Phi) is 6.06.